The van der Waals surface area contributed by atoms with Crippen LogP contribution in [0.4, 0.5) is 0 Å². The van der Waals surface area contributed by atoms with Crippen molar-refractivity contribution < 1.29 is 9.90 Å². The van der Waals surface area contributed by atoms with E-state index in [4.69, 9.17) is 0 Å². The van der Waals surface area contributed by atoms with Gasteiger partial charge in [0.25, 0.3) is 0 Å². The lowest BCUT2D eigenvalue weighted by Crippen LogP contribution is -1.94. The summed E-state index contributed by atoms with van der Waals surface area (Å²) in [5, 5.41) is 10.1. The van der Waals surface area contributed by atoms with E-state index in [9.17, 15) is 9.90 Å². The molecule has 2 aromatic rings. The number of hydrogen-bond donors (Lipinski definition) is 1. The van der Waals surface area contributed by atoms with Crippen LogP contribution in [0.1, 0.15) is 15.9 Å². The molecule has 3 nitrogen and oxygen atoms in total. The van der Waals surface area contributed by atoms with Crippen LogP contribution in [0, 0.1) is 0 Å². The molecule has 5 heteroatoms. The third kappa shape index (κ3) is 2.31. The van der Waals surface area contributed by atoms with Crippen LogP contribution in [-0.4, -0.2) is 15.9 Å². The van der Waals surface area contributed by atoms with Gasteiger partial charge in [-0.2, -0.15) is 0 Å². The Morgan fingerprint density at radius 3 is 2.89 bits per heavy atom. The van der Waals surface area contributed by atoms with Crippen LogP contribution in [0.5, 0.6) is 5.75 Å². The second-order valence-electron chi connectivity index (χ2n) is 4.00. The quantitative estimate of drug-likeness (QED) is 0.804. The first-order valence-corrected chi connectivity index (χ1v) is 7.14. The summed E-state index contributed by atoms with van der Waals surface area (Å²) in [5.41, 5.74) is 1.50. The maximum absolute atomic E-state index is 12.2. The van der Waals surface area contributed by atoms with E-state index < -0.39 is 0 Å². The molecule has 1 aliphatic heterocycles. The average molecular weight is 334 g/mol. The summed E-state index contributed by atoms with van der Waals surface area (Å²) in [6, 6.07) is 8.49. The Morgan fingerprint density at radius 2 is 2.16 bits per heavy atom. The fourth-order valence-electron chi connectivity index (χ4n) is 1.80. The number of phenolic OH excluding ortho intramolecular Hbond substituents is 1. The van der Waals surface area contributed by atoms with Crippen LogP contribution in [0.3, 0.4) is 0 Å². The average Bonchev–Trinajstić information content (AvgIpc) is 2.70. The van der Waals surface area contributed by atoms with Gasteiger partial charge in [0.2, 0.25) is 5.78 Å². The topological polar surface area (TPSA) is 50.2 Å². The second kappa shape index (κ2) is 4.83. The molecule has 0 saturated heterocycles. The summed E-state index contributed by atoms with van der Waals surface area (Å²) < 4.78 is 0.748. The summed E-state index contributed by atoms with van der Waals surface area (Å²) in [6.07, 6.45) is 3.48. The molecule has 0 spiro atoms. The molecule has 0 unspecified atom stereocenters. The number of ketones is 1. The van der Waals surface area contributed by atoms with E-state index in [0.29, 0.717) is 10.5 Å². The Hall–Kier alpha value is -1.59. The van der Waals surface area contributed by atoms with Gasteiger partial charge in [-0.15, -0.1) is 0 Å². The smallest absolute Gasteiger partial charge is 0.202 e. The van der Waals surface area contributed by atoms with Crippen molar-refractivity contribution in [3.63, 3.8) is 0 Å². The van der Waals surface area contributed by atoms with Crippen molar-refractivity contribution in [2.75, 3.05) is 0 Å². The fourth-order valence-corrected chi connectivity index (χ4v) is 3.26. The Morgan fingerprint density at radius 1 is 1.32 bits per heavy atom. The first-order chi connectivity index (χ1) is 9.15. The number of allylic oxidation sites excluding steroid dienone is 1. The first kappa shape index (κ1) is 12.4. The number of halogens is 1. The van der Waals surface area contributed by atoms with E-state index in [2.05, 4.69) is 20.9 Å². The van der Waals surface area contributed by atoms with Crippen molar-refractivity contribution in [3.8, 4) is 5.75 Å². The van der Waals surface area contributed by atoms with Crippen LogP contribution in [0.2, 0.25) is 0 Å². The predicted octanol–water partition coefficient (Wildman–Crippen LogP) is 3.88. The van der Waals surface area contributed by atoms with Crippen LogP contribution in [-0.2, 0) is 0 Å². The molecular formula is C14H8BrNO2S. The van der Waals surface area contributed by atoms with Crippen LogP contribution < -0.4 is 0 Å². The maximum atomic E-state index is 12.2. The Balaban J connectivity index is 2.01. The third-order valence-electron chi connectivity index (χ3n) is 2.72. The number of carbonyl (C=O) groups excluding carboxylic acids is 1. The van der Waals surface area contributed by atoms with Gasteiger partial charge < -0.3 is 5.11 Å². The highest BCUT2D eigenvalue weighted by Gasteiger charge is 2.26. The van der Waals surface area contributed by atoms with Crippen molar-refractivity contribution in [1.29, 1.82) is 0 Å². The zero-order chi connectivity index (χ0) is 13.4. The van der Waals surface area contributed by atoms with Gasteiger partial charge in [-0.1, -0.05) is 33.8 Å². The fraction of sp³-hybridized carbons (Fsp3) is 0. The number of phenols is 1. The SMILES string of the molecule is O=C1/C(=C/c2ccc(O)cc2Br)Sc2ncccc21. The number of rotatable bonds is 1. The van der Waals surface area contributed by atoms with Gasteiger partial charge in [0, 0.05) is 10.7 Å². The number of pyridine rings is 1. The Kier molecular flexibility index (Phi) is 3.16. The molecule has 0 bridgehead atoms. The number of thioether (sulfide) groups is 1. The highest BCUT2D eigenvalue weighted by Crippen LogP contribution is 2.39. The van der Waals surface area contributed by atoms with E-state index in [1.807, 2.05) is 0 Å². The van der Waals surface area contributed by atoms with E-state index in [0.717, 1.165) is 15.1 Å². The normalized spacial score (nSPS) is 15.8. The summed E-state index contributed by atoms with van der Waals surface area (Å²) in [6.45, 7) is 0. The molecule has 94 valence electrons. The molecule has 0 fully saturated rings. The lowest BCUT2D eigenvalue weighted by atomic mass is 10.1. The number of carbonyl (C=O) groups is 1. The number of fused-ring (bicyclic) bond motifs is 1. The van der Waals surface area contributed by atoms with Gasteiger partial charge in [0.05, 0.1) is 10.5 Å². The highest BCUT2D eigenvalue weighted by molar-refractivity contribution is 9.10. The highest BCUT2D eigenvalue weighted by atomic mass is 79.9. The first-order valence-electron chi connectivity index (χ1n) is 5.53. The minimum Gasteiger partial charge on any atom is -0.508 e. The van der Waals surface area contributed by atoms with Gasteiger partial charge in [0.15, 0.2) is 0 Å². The minimum atomic E-state index is -0.00641. The lowest BCUT2D eigenvalue weighted by molar-refractivity contribution is 0.104. The zero-order valence-corrected chi connectivity index (χ0v) is 12.0. The monoisotopic (exact) mass is 333 g/mol. The minimum absolute atomic E-state index is 0.00641. The predicted molar refractivity (Wildman–Crippen MR) is 78.2 cm³/mol. The van der Waals surface area contributed by atoms with Gasteiger partial charge in [0.1, 0.15) is 10.8 Å². The number of nitrogens with zero attached hydrogens (tertiary/aromatic N) is 1. The second-order valence-corrected chi connectivity index (χ2v) is 5.89. The maximum Gasteiger partial charge on any atom is 0.202 e. The third-order valence-corrected chi connectivity index (χ3v) is 4.45. The van der Waals surface area contributed by atoms with Crippen LogP contribution in [0.25, 0.3) is 6.08 Å². The molecule has 0 atom stereocenters. The molecule has 0 aliphatic carbocycles. The summed E-state index contributed by atoms with van der Waals surface area (Å²) in [4.78, 5) is 17.0. The van der Waals surface area contributed by atoms with Crippen molar-refractivity contribution in [2.45, 2.75) is 5.03 Å². The number of benzene rings is 1. The summed E-state index contributed by atoms with van der Waals surface area (Å²) in [7, 11) is 0. The van der Waals surface area contributed by atoms with E-state index in [-0.39, 0.29) is 11.5 Å². The number of aromatic hydroxyl groups is 1. The number of hydrogen-bond acceptors (Lipinski definition) is 4. The molecule has 1 aromatic heterocycles. The van der Waals surface area contributed by atoms with Crippen molar-refractivity contribution in [2.24, 2.45) is 0 Å². The molecule has 2 heterocycles. The molecular weight excluding hydrogens is 326 g/mol. The van der Waals surface area contributed by atoms with Crippen molar-refractivity contribution in [1.82, 2.24) is 4.98 Å². The van der Waals surface area contributed by atoms with Crippen LogP contribution >= 0.6 is 27.7 Å². The zero-order valence-electron chi connectivity index (χ0n) is 9.63. The van der Waals surface area contributed by atoms with Gasteiger partial charge in [-0.25, -0.2) is 4.98 Å². The molecule has 1 N–H and O–H groups in total. The van der Waals surface area contributed by atoms with Crippen molar-refractivity contribution in [3.05, 3.63) is 57.0 Å². The summed E-state index contributed by atoms with van der Waals surface area (Å²) in [5.74, 6) is 0.178. The van der Waals surface area contributed by atoms with Gasteiger partial charge in [-0.05, 0) is 35.9 Å². The molecule has 19 heavy (non-hydrogen) atoms. The number of Topliss-reactive ketones (excluding diaryl/α,β-unsaturated/α-hetero) is 1. The molecule has 3 rings (SSSR count). The van der Waals surface area contributed by atoms with E-state index in [1.54, 1.807) is 42.6 Å². The molecule has 0 saturated carbocycles. The largest absolute Gasteiger partial charge is 0.508 e. The number of aromatic nitrogens is 1. The molecule has 0 amide bonds. The summed E-state index contributed by atoms with van der Waals surface area (Å²) >= 11 is 4.74. The van der Waals surface area contributed by atoms with E-state index >= 15 is 0 Å². The Labute approximate surface area is 122 Å². The van der Waals surface area contributed by atoms with Gasteiger partial charge >= 0.3 is 0 Å². The van der Waals surface area contributed by atoms with Crippen LogP contribution in [0.15, 0.2) is 50.9 Å². The molecule has 0 radical (unpaired) electrons. The molecule has 1 aliphatic rings. The lowest BCUT2D eigenvalue weighted by Gasteiger charge is -2.00. The van der Waals surface area contributed by atoms with Gasteiger partial charge in [-0.3, -0.25) is 4.79 Å². The Bertz CT molecular complexity index is 712. The molecule has 1 aromatic carbocycles. The van der Waals surface area contributed by atoms with Crippen molar-refractivity contribution >= 4 is 39.6 Å². The van der Waals surface area contributed by atoms with E-state index in [1.165, 1.54) is 11.8 Å². The standard InChI is InChI=1S/C14H8BrNO2S/c15-11-7-9(17)4-3-8(11)6-12-13(18)10-2-1-5-16-14(10)19-12/h1-7,17H/b12-6-.